The maximum Gasteiger partial charge on any atom is 0.407 e. The van der Waals surface area contributed by atoms with Gasteiger partial charge in [0.15, 0.2) is 0 Å². The molecule has 4 nitrogen and oxygen atoms in total. The van der Waals surface area contributed by atoms with Crippen LogP contribution >= 0.6 is 0 Å². The molecule has 2 fully saturated rings. The van der Waals surface area contributed by atoms with Crippen LogP contribution in [0.15, 0.2) is 54.6 Å². The first-order valence-electron chi connectivity index (χ1n) is 13.4. The zero-order valence-electron chi connectivity index (χ0n) is 22.3. The molecule has 5 heteroatoms. The number of hydrogen-bond donors (Lipinski definition) is 1. The molecule has 2 aliphatic carbocycles. The van der Waals surface area contributed by atoms with Crippen LogP contribution in [0.3, 0.4) is 0 Å². The molecule has 1 amide bonds. The molecule has 2 saturated carbocycles. The summed E-state index contributed by atoms with van der Waals surface area (Å²) in [7, 11) is -1.86. The molecule has 4 rings (SSSR count). The van der Waals surface area contributed by atoms with Gasteiger partial charge in [0.05, 0.1) is 6.61 Å². The zero-order valence-corrected chi connectivity index (χ0v) is 23.3. The molecule has 2 aromatic carbocycles. The van der Waals surface area contributed by atoms with Crippen molar-refractivity contribution in [3.05, 3.63) is 71.3 Å². The number of fused-ring (bicyclic) bond motifs is 1. The van der Waals surface area contributed by atoms with Crippen molar-refractivity contribution in [1.29, 1.82) is 0 Å². The van der Waals surface area contributed by atoms with Gasteiger partial charge in [-0.3, -0.25) is 0 Å². The Labute approximate surface area is 212 Å². The smallest absolute Gasteiger partial charge is 0.407 e. The third-order valence-corrected chi connectivity index (χ3v) is 14.8. The Hall–Kier alpha value is -2.11. The van der Waals surface area contributed by atoms with Crippen LogP contribution in [0.2, 0.25) is 16.6 Å². The number of nitrogens with one attached hydrogen (secondary N) is 1. The summed E-state index contributed by atoms with van der Waals surface area (Å²) in [4.78, 5) is 12.4. The number of carbonyl (C=O) groups is 1. The molecule has 0 spiro atoms. The van der Waals surface area contributed by atoms with Crippen molar-refractivity contribution in [2.24, 2.45) is 5.92 Å². The van der Waals surface area contributed by atoms with Crippen molar-refractivity contribution in [3.8, 4) is 0 Å². The summed E-state index contributed by atoms with van der Waals surface area (Å²) in [6.45, 7) is 15.0. The summed E-state index contributed by atoms with van der Waals surface area (Å²) in [5, 5.41) is 3.14. The summed E-state index contributed by atoms with van der Waals surface area (Å²) in [5.74, 6) is 0.511. The molecule has 0 heterocycles. The molecule has 0 saturated heterocycles. The van der Waals surface area contributed by atoms with E-state index in [2.05, 4.69) is 71.1 Å². The minimum atomic E-state index is -1.86. The normalized spacial score (nSPS) is 23.6. The number of ether oxygens (including phenoxy) is 1. The molecular weight excluding hydrogens is 450 g/mol. The van der Waals surface area contributed by atoms with Gasteiger partial charge in [0.25, 0.3) is 0 Å². The van der Waals surface area contributed by atoms with E-state index >= 15 is 0 Å². The lowest BCUT2D eigenvalue weighted by Gasteiger charge is -2.42. The van der Waals surface area contributed by atoms with Gasteiger partial charge in [-0.1, -0.05) is 96.1 Å². The molecule has 2 aromatic rings. The van der Waals surface area contributed by atoms with Crippen LogP contribution in [0.1, 0.15) is 77.5 Å². The van der Waals surface area contributed by atoms with Crippen LogP contribution in [-0.2, 0) is 27.8 Å². The molecule has 2 aliphatic rings. The Kier molecular flexibility index (Phi) is 7.77. The third-order valence-electron chi connectivity index (χ3n) is 8.76. The SMILES string of the molecule is CC(C)[Si](OCc1ccc([C@@]23CC[C@@H](NC(=O)OCc4ccccc4)[C@@H]2C3)cc1)(C(C)C)C(C)C. The van der Waals surface area contributed by atoms with Crippen molar-refractivity contribution in [2.45, 2.75) is 102 Å². The van der Waals surface area contributed by atoms with E-state index in [0.29, 0.717) is 35.8 Å². The Morgan fingerprint density at radius 2 is 1.51 bits per heavy atom. The van der Waals surface area contributed by atoms with Crippen LogP contribution in [-0.4, -0.2) is 20.5 Å². The number of benzene rings is 2. The fourth-order valence-electron chi connectivity index (χ4n) is 6.97. The number of alkyl carbamates (subject to hydrolysis) is 1. The van der Waals surface area contributed by atoms with E-state index in [4.69, 9.17) is 9.16 Å². The van der Waals surface area contributed by atoms with Crippen LogP contribution in [0.4, 0.5) is 4.79 Å². The van der Waals surface area contributed by atoms with Crippen LogP contribution in [0.25, 0.3) is 0 Å². The number of rotatable bonds is 10. The monoisotopic (exact) mass is 493 g/mol. The Balaban J connectivity index is 1.32. The van der Waals surface area contributed by atoms with E-state index < -0.39 is 8.32 Å². The minimum absolute atomic E-state index is 0.205. The maximum atomic E-state index is 12.4. The highest BCUT2D eigenvalue weighted by molar-refractivity contribution is 6.77. The summed E-state index contributed by atoms with van der Waals surface area (Å²) < 4.78 is 12.2. The average Bonchev–Trinajstić information content (AvgIpc) is 3.47. The lowest BCUT2D eigenvalue weighted by atomic mass is 9.93. The Bertz CT molecular complexity index is 967. The Morgan fingerprint density at radius 3 is 2.09 bits per heavy atom. The van der Waals surface area contributed by atoms with Gasteiger partial charge in [-0.2, -0.15) is 0 Å². The van der Waals surface area contributed by atoms with E-state index in [1.165, 1.54) is 11.1 Å². The van der Waals surface area contributed by atoms with Crippen LogP contribution < -0.4 is 5.32 Å². The molecule has 0 radical (unpaired) electrons. The van der Waals surface area contributed by atoms with E-state index in [0.717, 1.165) is 24.8 Å². The highest BCUT2D eigenvalue weighted by Gasteiger charge is 2.62. The van der Waals surface area contributed by atoms with Gasteiger partial charge in [0.1, 0.15) is 6.61 Å². The molecule has 0 bridgehead atoms. The van der Waals surface area contributed by atoms with Crippen LogP contribution in [0, 0.1) is 5.92 Å². The number of hydrogen-bond acceptors (Lipinski definition) is 3. The van der Waals surface area contributed by atoms with Gasteiger partial charge >= 0.3 is 6.09 Å². The van der Waals surface area contributed by atoms with E-state index in [1.54, 1.807) is 0 Å². The molecule has 0 aliphatic heterocycles. The first-order chi connectivity index (χ1) is 16.7. The van der Waals surface area contributed by atoms with Crippen molar-refractivity contribution >= 4 is 14.4 Å². The van der Waals surface area contributed by atoms with Gasteiger partial charge in [-0.05, 0) is 58.5 Å². The zero-order chi connectivity index (χ0) is 25.2. The molecule has 190 valence electrons. The summed E-state index contributed by atoms with van der Waals surface area (Å²) in [6.07, 6.45) is 2.99. The second-order valence-corrected chi connectivity index (χ2v) is 17.1. The topological polar surface area (TPSA) is 47.6 Å². The van der Waals surface area contributed by atoms with Gasteiger partial charge in [-0.15, -0.1) is 0 Å². The van der Waals surface area contributed by atoms with Crippen molar-refractivity contribution < 1.29 is 14.0 Å². The largest absolute Gasteiger partial charge is 0.445 e. The highest BCUT2D eigenvalue weighted by Crippen LogP contribution is 2.64. The fraction of sp³-hybridized carbons (Fsp3) is 0.567. The fourth-order valence-corrected chi connectivity index (χ4v) is 12.4. The Morgan fingerprint density at radius 1 is 0.914 bits per heavy atom. The third kappa shape index (κ3) is 5.22. The van der Waals surface area contributed by atoms with Gasteiger partial charge in [0, 0.05) is 11.5 Å². The molecule has 1 N–H and O–H groups in total. The molecule has 0 unspecified atom stereocenters. The predicted molar refractivity (Wildman–Crippen MR) is 145 cm³/mol. The number of amides is 1. The second-order valence-electron chi connectivity index (χ2n) is 11.6. The lowest BCUT2D eigenvalue weighted by molar-refractivity contribution is 0.134. The molecule has 3 atom stereocenters. The quantitative estimate of drug-likeness (QED) is 0.345. The predicted octanol–water partition coefficient (Wildman–Crippen LogP) is 7.73. The molecule has 0 aromatic heterocycles. The lowest BCUT2D eigenvalue weighted by Crippen LogP contribution is -2.47. The molecule has 35 heavy (non-hydrogen) atoms. The number of carbonyl (C=O) groups excluding carboxylic acids is 1. The first kappa shape index (κ1) is 26.0. The second kappa shape index (κ2) is 10.5. The maximum absolute atomic E-state index is 12.4. The molecular formula is C30H43NO3Si. The summed E-state index contributed by atoms with van der Waals surface area (Å²) >= 11 is 0. The van der Waals surface area contributed by atoms with Crippen LogP contribution in [0.5, 0.6) is 0 Å². The highest BCUT2D eigenvalue weighted by atomic mass is 28.4. The minimum Gasteiger partial charge on any atom is -0.445 e. The van der Waals surface area contributed by atoms with Crippen molar-refractivity contribution in [2.75, 3.05) is 0 Å². The summed E-state index contributed by atoms with van der Waals surface area (Å²) in [6, 6.07) is 19.2. The summed E-state index contributed by atoms with van der Waals surface area (Å²) in [5.41, 5.74) is 5.68. The standard InChI is InChI=1S/C30H43NO3Si/c1-21(2)35(22(3)4,23(5)6)34-20-25-12-14-26(15-13-25)30-17-16-28(27(30)18-30)31-29(32)33-19-24-10-8-7-9-11-24/h7-15,21-23,27-28H,16-20H2,1-6H3,(H,31,32)/t27-,28+,30-/m0/s1. The van der Waals surface area contributed by atoms with Crippen molar-refractivity contribution in [1.82, 2.24) is 5.32 Å². The van der Waals surface area contributed by atoms with Gasteiger partial charge in [0.2, 0.25) is 8.32 Å². The van der Waals surface area contributed by atoms with Gasteiger partial charge < -0.3 is 14.5 Å². The van der Waals surface area contributed by atoms with E-state index in [-0.39, 0.29) is 17.6 Å². The first-order valence-corrected chi connectivity index (χ1v) is 15.5. The van der Waals surface area contributed by atoms with Crippen molar-refractivity contribution in [3.63, 3.8) is 0 Å². The van der Waals surface area contributed by atoms with E-state index in [9.17, 15) is 4.79 Å². The van der Waals surface area contributed by atoms with Gasteiger partial charge in [-0.25, -0.2) is 4.79 Å². The average molecular weight is 494 g/mol. The van der Waals surface area contributed by atoms with E-state index in [1.807, 2.05) is 30.3 Å².